The first-order valence-corrected chi connectivity index (χ1v) is 14.3. The number of aromatic nitrogens is 1. The second-order valence-corrected chi connectivity index (χ2v) is 10.8. The van der Waals surface area contributed by atoms with Crippen LogP contribution in [0.2, 0.25) is 0 Å². The molecule has 5 rings (SSSR count). The Balaban J connectivity index is 1.36. The van der Waals surface area contributed by atoms with Gasteiger partial charge in [0.15, 0.2) is 0 Å². The van der Waals surface area contributed by atoms with Crippen LogP contribution in [0.15, 0.2) is 48.5 Å². The van der Waals surface area contributed by atoms with Crippen molar-refractivity contribution in [1.29, 1.82) is 0 Å². The maximum atomic E-state index is 14.0. The van der Waals surface area contributed by atoms with E-state index in [2.05, 4.69) is 12.2 Å². The average molecular weight is 530 g/mol. The summed E-state index contributed by atoms with van der Waals surface area (Å²) in [5.41, 5.74) is 4.11. The molecule has 0 radical (unpaired) electrons. The molecule has 1 spiro atoms. The molecular weight excluding hydrogens is 490 g/mol. The van der Waals surface area contributed by atoms with Gasteiger partial charge >= 0.3 is 0 Å². The Morgan fingerprint density at radius 1 is 1.03 bits per heavy atom. The van der Waals surface area contributed by atoms with Gasteiger partial charge in [-0.3, -0.25) is 14.6 Å². The summed E-state index contributed by atoms with van der Waals surface area (Å²) in [6.07, 6.45) is 5.52. The van der Waals surface area contributed by atoms with Crippen molar-refractivity contribution in [2.45, 2.75) is 52.4 Å². The molecule has 7 heteroatoms. The predicted molar refractivity (Wildman–Crippen MR) is 152 cm³/mol. The number of piperidine rings is 1. The Bertz CT molecular complexity index is 1330. The van der Waals surface area contributed by atoms with Crippen LogP contribution >= 0.6 is 0 Å². The summed E-state index contributed by atoms with van der Waals surface area (Å²) in [6, 6.07) is 15.4. The molecule has 2 aliphatic rings. The molecule has 3 heterocycles. The highest BCUT2D eigenvalue weighted by Crippen LogP contribution is 2.39. The van der Waals surface area contributed by atoms with Crippen molar-refractivity contribution < 1.29 is 19.1 Å². The summed E-state index contributed by atoms with van der Waals surface area (Å²) in [5, 5.41) is 3.85. The first-order valence-electron chi connectivity index (χ1n) is 14.3. The largest absolute Gasteiger partial charge is 0.492 e. The molecule has 2 aliphatic heterocycles. The van der Waals surface area contributed by atoms with Gasteiger partial charge in [-0.15, -0.1) is 0 Å². The summed E-state index contributed by atoms with van der Waals surface area (Å²) in [6.45, 7) is 7.66. The monoisotopic (exact) mass is 529 g/mol. The Hall–Kier alpha value is -3.45. The van der Waals surface area contributed by atoms with E-state index in [1.54, 1.807) is 6.07 Å². The first kappa shape index (κ1) is 27.1. The third-order valence-corrected chi connectivity index (χ3v) is 8.34. The summed E-state index contributed by atoms with van der Waals surface area (Å²) < 4.78 is 12.1. The van der Waals surface area contributed by atoms with E-state index in [9.17, 15) is 9.59 Å². The van der Waals surface area contributed by atoms with Gasteiger partial charge in [0.2, 0.25) is 0 Å². The van der Waals surface area contributed by atoms with Crippen molar-refractivity contribution in [3.63, 3.8) is 0 Å². The number of hydrogen-bond donors (Lipinski definition) is 1. The van der Waals surface area contributed by atoms with E-state index in [-0.39, 0.29) is 17.2 Å². The molecule has 3 aromatic rings. The zero-order valence-corrected chi connectivity index (χ0v) is 23.1. The van der Waals surface area contributed by atoms with Crippen LogP contribution < -0.4 is 10.1 Å². The molecule has 39 heavy (non-hydrogen) atoms. The number of nitrogens with zero attached hydrogens (tertiary/aromatic N) is 2. The van der Waals surface area contributed by atoms with Crippen LogP contribution in [0.1, 0.15) is 71.0 Å². The van der Waals surface area contributed by atoms with Crippen molar-refractivity contribution in [1.82, 2.24) is 15.2 Å². The highest BCUT2D eigenvalue weighted by molar-refractivity contribution is 6.07. The molecule has 2 aromatic carbocycles. The Kier molecular flexibility index (Phi) is 8.46. The number of aryl methyl sites for hydroxylation is 1. The van der Waals surface area contributed by atoms with Crippen LogP contribution in [0.5, 0.6) is 5.75 Å². The van der Waals surface area contributed by atoms with Crippen LogP contribution in [-0.2, 0) is 11.2 Å². The molecule has 7 nitrogen and oxygen atoms in total. The van der Waals surface area contributed by atoms with Crippen LogP contribution in [0, 0.1) is 12.3 Å². The third-order valence-electron chi connectivity index (χ3n) is 8.34. The zero-order chi connectivity index (χ0) is 27.2. The smallest absolute Gasteiger partial charge is 0.255 e. The van der Waals surface area contributed by atoms with Gasteiger partial charge < -0.3 is 19.7 Å². The highest BCUT2D eigenvalue weighted by atomic mass is 16.5. The molecule has 0 saturated carbocycles. The highest BCUT2D eigenvalue weighted by Gasteiger charge is 2.37. The lowest BCUT2D eigenvalue weighted by Crippen LogP contribution is -2.46. The van der Waals surface area contributed by atoms with Crippen molar-refractivity contribution >= 4 is 22.7 Å². The minimum absolute atomic E-state index is 0.0611. The number of nitrogens with one attached hydrogen (secondary N) is 1. The number of likely N-dealkylation sites (tertiary alicyclic amines) is 1. The summed E-state index contributed by atoms with van der Waals surface area (Å²) >= 11 is 0. The lowest BCUT2D eigenvalue weighted by atomic mass is 9.75. The van der Waals surface area contributed by atoms with Gasteiger partial charge in [0.25, 0.3) is 11.8 Å². The molecule has 206 valence electrons. The van der Waals surface area contributed by atoms with Crippen LogP contribution in [0.3, 0.4) is 0 Å². The van der Waals surface area contributed by atoms with Crippen molar-refractivity contribution in [3.8, 4) is 5.75 Å². The zero-order valence-electron chi connectivity index (χ0n) is 23.1. The minimum atomic E-state index is -0.146. The first-order chi connectivity index (χ1) is 19.0. The van der Waals surface area contributed by atoms with E-state index >= 15 is 0 Å². The van der Waals surface area contributed by atoms with Crippen molar-refractivity contribution in [2.75, 3.05) is 39.5 Å². The summed E-state index contributed by atoms with van der Waals surface area (Å²) in [7, 11) is 0. The van der Waals surface area contributed by atoms with Gasteiger partial charge in [-0.1, -0.05) is 43.7 Å². The second kappa shape index (κ2) is 12.2. The molecule has 1 N–H and O–H groups in total. The predicted octanol–water partition coefficient (Wildman–Crippen LogP) is 5.34. The quantitative estimate of drug-likeness (QED) is 0.485. The molecule has 0 aliphatic carbocycles. The van der Waals surface area contributed by atoms with Gasteiger partial charge in [-0.2, -0.15) is 0 Å². The second-order valence-electron chi connectivity index (χ2n) is 10.8. The van der Waals surface area contributed by atoms with Gasteiger partial charge in [-0.25, -0.2) is 0 Å². The fraction of sp³-hybridized carbons (Fsp3) is 0.469. The van der Waals surface area contributed by atoms with Crippen molar-refractivity contribution in [2.24, 2.45) is 5.41 Å². The third kappa shape index (κ3) is 5.93. The van der Waals surface area contributed by atoms with Gasteiger partial charge in [-0.05, 0) is 62.8 Å². The fourth-order valence-electron chi connectivity index (χ4n) is 5.94. The van der Waals surface area contributed by atoms with Crippen LogP contribution in [0.25, 0.3) is 10.9 Å². The molecule has 1 saturated heterocycles. The molecule has 0 bridgehead atoms. The molecule has 2 amide bonds. The SMILES string of the molecule is CCc1nc2ccccc2c(C(=O)N2CCC3(CCCCOCCNC(=O)c4ccccc4OC3)CC2)c1C. The maximum absolute atomic E-state index is 14.0. The number of ether oxygens (including phenoxy) is 2. The van der Waals surface area contributed by atoms with E-state index in [1.165, 1.54) is 0 Å². The van der Waals surface area contributed by atoms with E-state index in [4.69, 9.17) is 14.5 Å². The topological polar surface area (TPSA) is 80.8 Å². The number of fused-ring (bicyclic) bond motifs is 2. The van der Waals surface area contributed by atoms with Gasteiger partial charge in [0, 0.05) is 42.7 Å². The summed E-state index contributed by atoms with van der Waals surface area (Å²) in [5.74, 6) is 0.553. The van der Waals surface area contributed by atoms with Gasteiger partial charge in [0.05, 0.1) is 29.9 Å². The molecule has 0 unspecified atom stereocenters. The van der Waals surface area contributed by atoms with Crippen molar-refractivity contribution in [3.05, 3.63) is 70.9 Å². The number of carbonyl (C=O) groups is 2. The Labute approximate surface area is 230 Å². The average Bonchev–Trinajstić information content (AvgIpc) is 2.97. The molecule has 1 fully saturated rings. The van der Waals surface area contributed by atoms with E-state index < -0.39 is 0 Å². The van der Waals surface area contributed by atoms with Crippen LogP contribution in [0.4, 0.5) is 0 Å². The lowest BCUT2D eigenvalue weighted by Gasteiger charge is -2.42. The summed E-state index contributed by atoms with van der Waals surface area (Å²) in [4.78, 5) is 33.5. The maximum Gasteiger partial charge on any atom is 0.255 e. The number of benzene rings is 2. The minimum Gasteiger partial charge on any atom is -0.492 e. The number of hydrogen-bond acceptors (Lipinski definition) is 5. The Morgan fingerprint density at radius 2 is 1.79 bits per heavy atom. The molecular formula is C32H39N3O4. The van der Waals surface area contributed by atoms with E-state index in [0.29, 0.717) is 50.8 Å². The molecule has 0 atom stereocenters. The number of amides is 2. The lowest BCUT2D eigenvalue weighted by molar-refractivity contribution is 0.0341. The number of carbonyl (C=O) groups excluding carboxylic acids is 2. The Morgan fingerprint density at radius 3 is 2.62 bits per heavy atom. The van der Waals surface area contributed by atoms with E-state index in [0.717, 1.165) is 66.2 Å². The number of pyridine rings is 1. The van der Waals surface area contributed by atoms with Gasteiger partial charge in [0.1, 0.15) is 5.75 Å². The normalized spacial score (nSPS) is 18.6. The standard InChI is InChI=1S/C32H39N3O4/c1-3-26-23(2)29(24-10-4-6-12-27(24)34-26)31(37)35-18-15-32(16-19-35)14-8-9-20-38-21-17-33-30(36)25-11-5-7-13-28(25)39-22-32/h4-7,10-13H,3,8-9,14-22H2,1-2H3,(H,33,36). The van der Waals surface area contributed by atoms with Crippen LogP contribution in [-0.4, -0.2) is 61.2 Å². The molecule has 1 aromatic heterocycles. The fourth-order valence-corrected chi connectivity index (χ4v) is 5.94. The number of para-hydroxylation sites is 2. The number of rotatable bonds is 2. The van der Waals surface area contributed by atoms with E-state index in [1.807, 2.05) is 54.3 Å².